The van der Waals surface area contributed by atoms with Crippen molar-refractivity contribution in [3.05, 3.63) is 84.0 Å². The number of carbonyl (C=O) groups is 7. The predicted octanol–water partition coefficient (Wildman–Crippen LogP) is 5.98. The van der Waals surface area contributed by atoms with E-state index in [2.05, 4.69) is 35.9 Å². The molecule has 11 N–H and O–H groups in total. The maximum Gasteiger partial charge on any atom is 0.407 e. The van der Waals surface area contributed by atoms with E-state index in [4.69, 9.17) is 88.3 Å². The number of nitrogen functional groups attached to an aromatic ring is 2. The number of aromatic nitrogens is 8. The number of hydrogen-bond donors (Lipinski definition) is 8. The van der Waals surface area contributed by atoms with Crippen LogP contribution in [-0.2, 0) is 110 Å². The molecule has 1 saturated carbocycles. The molecule has 4 aromatic heterocycles. The van der Waals surface area contributed by atoms with Crippen LogP contribution in [0.25, 0.3) is 33.4 Å². The Bertz CT molecular complexity index is 4380. The van der Waals surface area contributed by atoms with Gasteiger partial charge in [0.1, 0.15) is 65.3 Å². The minimum Gasteiger partial charge on any atom is -0.459 e. The number of aliphatic hydroxyl groups is 3. The van der Waals surface area contributed by atoms with Crippen LogP contribution in [0.3, 0.4) is 0 Å². The van der Waals surface area contributed by atoms with Gasteiger partial charge in [0.25, 0.3) is 17.7 Å². The summed E-state index contributed by atoms with van der Waals surface area (Å²) in [5.41, 5.74) is 23.8. The zero-order valence-corrected chi connectivity index (χ0v) is 74.1. The number of esters is 1. The topological polar surface area (TPSA) is 506 Å². The SMILES string of the molecule is CO[C@H]1C[C@@H]2CC[C@@H](C)[C@@](O)(O2)C(=O)C(=O)N2CCCC[C@H]2C(=O)O[C@H]([C@H](N)C[C@@H]2CC[C@@H](OC(=O)NCc3cn(CCOCCOCCOCCOCCOCCOCCOCCOCCC(=O)NCCCCn4nc(-c5ccc6oc(N)nc6c5)c5c(N)ncnc54)nn3)[C@H](O)C2)CC(=O)[C@H](C)/C=C(\C)[C@@H](O)[C@@H](OC)C(=O)[C@H](C)C[C@H](C)/C=C/C=C/C=C/1C. The lowest BCUT2D eigenvalue weighted by Crippen LogP contribution is -2.61. The van der Waals surface area contributed by atoms with Crippen LogP contribution in [0, 0.1) is 29.6 Å². The minimum atomic E-state index is -2.52. The zero-order valence-electron chi connectivity index (χ0n) is 74.1. The van der Waals surface area contributed by atoms with Crippen LogP contribution in [0.1, 0.15) is 144 Å². The minimum absolute atomic E-state index is 0.0107. The fourth-order valence-electron chi connectivity index (χ4n) is 15.8. The highest BCUT2D eigenvalue weighted by atomic mass is 16.6. The van der Waals surface area contributed by atoms with Gasteiger partial charge in [0.2, 0.25) is 11.7 Å². The van der Waals surface area contributed by atoms with Gasteiger partial charge in [0.05, 0.1) is 149 Å². The number of nitrogens with two attached hydrogens (primary N) is 3. The second kappa shape index (κ2) is 52.5. The number of nitrogens with zero attached hydrogens (tertiary/aromatic N) is 9. The third-order valence-corrected chi connectivity index (χ3v) is 23.1. The fraction of sp³-hybridized carbons (Fsp3) is 0.670. The monoisotopic (exact) mass is 1770 g/mol. The summed E-state index contributed by atoms with van der Waals surface area (Å²) in [7, 11) is 2.89. The number of unbranched alkanes of at least 4 members (excludes halogenated alkanes) is 1. The number of fused-ring (bicyclic) bond motifs is 5. The number of cyclic esters (lactones) is 1. The third-order valence-electron chi connectivity index (χ3n) is 23.1. The van der Waals surface area contributed by atoms with Gasteiger partial charge in [0.15, 0.2) is 17.0 Å². The first-order valence-corrected chi connectivity index (χ1v) is 44.0. The van der Waals surface area contributed by atoms with E-state index in [0.29, 0.717) is 202 Å². The van der Waals surface area contributed by atoms with E-state index >= 15 is 0 Å². The first-order chi connectivity index (χ1) is 60.7. The molecule has 1 aromatic carbocycles. The molecule has 0 unspecified atom stereocenters. The first-order valence-electron chi connectivity index (χ1n) is 44.0. The highest BCUT2D eigenvalue weighted by molar-refractivity contribution is 6.39. The quantitative estimate of drug-likeness (QED) is 0.00966. The summed E-state index contributed by atoms with van der Waals surface area (Å²) in [5, 5.41) is 54.5. The molecule has 0 spiro atoms. The van der Waals surface area contributed by atoms with Gasteiger partial charge in [-0.3, -0.25) is 24.0 Å². The van der Waals surface area contributed by atoms with E-state index < -0.39 is 114 Å². The van der Waals surface area contributed by atoms with E-state index in [-0.39, 0.29) is 87.8 Å². The smallest absolute Gasteiger partial charge is 0.407 e. The third kappa shape index (κ3) is 31.2. The Morgan fingerprint density at radius 1 is 0.738 bits per heavy atom. The highest BCUT2D eigenvalue weighted by Gasteiger charge is 2.53. The standard InChI is InChI=1S/C88H132N14O24/c1-56-16-10-9-11-17-57(2)73(113-7)51-65-22-19-61(6)88(112,126-65)81(108)84(109)101-27-14-12-18-68(101)85(110)123-74(52-69(103)58(3)47-60(5)79(107)80(114-8)78(106)59(4)46-56)66(89)48-62-20-23-72(70(104)49-62)125-87(111)93-53-64-54-100(99-97-64)29-31-116-33-35-118-37-39-120-41-43-122-45-44-121-42-40-119-38-36-117-34-32-115-30-25-75(105)92-26-13-15-28-102-83-76(82(90)94-55-95-83)77(98-102)63-21-24-71-67(50-63)96-86(91)124-71/h9-11,16-17,21,24,47,50,54-56,58-59,61-62,65-66,68,70,72-74,79-80,104,107,112H,12-15,18-20,22-23,25-46,48-49,51-53,89H2,1-8H3,(H2,91,96)(H,92,105)(H,93,111)(H2,90,94,95)/b11-9+,16-10+,57-17+,60-47+/t56-,58-,59-,61-,62+,65+,66-,68+,70-,72-,73+,74+,79-,80+,88-/m1/s1. The number of piperidine rings is 1. The Labute approximate surface area is 735 Å². The maximum atomic E-state index is 14.7. The summed E-state index contributed by atoms with van der Waals surface area (Å²) in [6.45, 7) is 17.9. The Morgan fingerprint density at radius 3 is 2.08 bits per heavy atom. The second-order valence-electron chi connectivity index (χ2n) is 32.7. The average Bonchev–Trinajstić information content (AvgIpc) is 1.58. The number of aryl methyl sites for hydroxylation is 1. The number of oxazole rings is 1. The van der Waals surface area contributed by atoms with Crippen molar-refractivity contribution in [2.24, 2.45) is 35.3 Å². The molecule has 38 nitrogen and oxygen atoms in total. The van der Waals surface area contributed by atoms with Gasteiger partial charge >= 0.3 is 12.1 Å². The van der Waals surface area contributed by atoms with Gasteiger partial charge in [-0.15, -0.1) is 5.10 Å². The summed E-state index contributed by atoms with van der Waals surface area (Å²) in [6.07, 6.45) is 11.0. The molecule has 38 heteroatoms. The number of aliphatic hydroxyl groups excluding tert-OH is 2. The number of carbonyl (C=O) groups excluding carboxylic acids is 7. The predicted molar refractivity (Wildman–Crippen MR) is 461 cm³/mol. The van der Waals surface area contributed by atoms with Crippen molar-refractivity contribution in [1.82, 2.24) is 55.3 Å². The molecule has 3 aliphatic heterocycles. The lowest BCUT2D eigenvalue weighted by atomic mass is 9.80. The Kier molecular flexibility index (Phi) is 42.0. The van der Waals surface area contributed by atoms with Crippen molar-refractivity contribution in [1.29, 1.82) is 0 Å². The van der Waals surface area contributed by atoms with Crippen LogP contribution in [-0.4, -0.2) is 295 Å². The zero-order chi connectivity index (χ0) is 90.5. The Balaban J connectivity index is 0.592. The van der Waals surface area contributed by atoms with Crippen LogP contribution in [0.15, 0.2) is 82.7 Å². The summed E-state index contributed by atoms with van der Waals surface area (Å²) in [6, 6.07) is 3.25. The molecular weight excluding hydrogens is 1640 g/mol. The lowest BCUT2D eigenvalue weighted by Gasteiger charge is -2.42. The first kappa shape index (κ1) is 101. The number of ether oxygens (including phenoxy) is 13. The van der Waals surface area contributed by atoms with Gasteiger partial charge in [-0.1, -0.05) is 69.4 Å². The number of hydrogen-bond acceptors (Lipinski definition) is 33. The molecule has 4 aliphatic rings. The van der Waals surface area contributed by atoms with E-state index in [0.717, 1.165) is 28.9 Å². The lowest BCUT2D eigenvalue weighted by molar-refractivity contribution is -0.265. The van der Waals surface area contributed by atoms with Crippen molar-refractivity contribution < 1.29 is 115 Å². The number of Topliss-reactive ketones (excluding diaryl/α,β-unsaturated/α-hetero) is 3. The van der Waals surface area contributed by atoms with Gasteiger partial charge in [-0.05, 0) is 132 Å². The van der Waals surface area contributed by atoms with Crippen LogP contribution >= 0.6 is 0 Å². The molecule has 1 aliphatic carbocycles. The largest absolute Gasteiger partial charge is 0.459 e. The number of anilines is 2. The van der Waals surface area contributed by atoms with Crippen LogP contribution in [0.4, 0.5) is 16.6 Å². The average molecular weight is 1770 g/mol. The van der Waals surface area contributed by atoms with E-state index in [9.17, 15) is 48.9 Å². The van der Waals surface area contributed by atoms with Gasteiger partial charge in [-0.2, -0.15) is 10.1 Å². The number of rotatable bonds is 41. The summed E-state index contributed by atoms with van der Waals surface area (Å²) < 4.78 is 83.1. The van der Waals surface area contributed by atoms with Crippen molar-refractivity contribution in [3.8, 4) is 11.3 Å². The summed E-state index contributed by atoms with van der Waals surface area (Å²) >= 11 is 0. The number of methoxy groups -OCH3 is 2. The molecule has 15 atom stereocenters. The molecule has 2 bridgehead atoms. The molecule has 0 radical (unpaired) electrons. The van der Waals surface area contributed by atoms with Crippen molar-refractivity contribution >= 4 is 75.2 Å². The maximum absolute atomic E-state index is 14.7. The molecule has 9 rings (SSSR count). The normalized spacial score (nSPS) is 26.6. The van der Waals surface area contributed by atoms with Crippen molar-refractivity contribution in [3.63, 3.8) is 0 Å². The van der Waals surface area contributed by atoms with E-state index in [1.807, 2.05) is 56.4 Å². The van der Waals surface area contributed by atoms with Crippen LogP contribution in [0.5, 0.6) is 0 Å². The second-order valence-corrected chi connectivity index (χ2v) is 32.7. The number of nitrogens with one attached hydrogen (secondary N) is 2. The molecule has 7 heterocycles. The number of alkyl carbamates (subject to hydrolysis) is 1. The fourth-order valence-corrected chi connectivity index (χ4v) is 15.8. The molecule has 698 valence electrons. The Hall–Kier alpha value is -8.97. The summed E-state index contributed by atoms with van der Waals surface area (Å²) in [4.78, 5) is 111. The van der Waals surface area contributed by atoms with Crippen LogP contribution in [0.2, 0.25) is 0 Å². The molecular formula is C88H132N14O24. The molecule has 2 saturated heterocycles. The Morgan fingerprint density at radius 2 is 1.41 bits per heavy atom. The number of benzene rings is 1. The van der Waals surface area contributed by atoms with Gasteiger partial charge in [-0.25, -0.2) is 28.9 Å². The number of ketones is 3. The van der Waals surface area contributed by atoms with Crippen molar-refractivity contribution in [2.45, 2.75) is 218 Å². The van der Waals surface area contributed by atoms with Crippen molar-refractivity contribution in [2.75, 3.05) is 144 Å². The van der Waals surface area contributed by atoms with Gasteiger partial charge in [0, 0.05) is 82.5 Å². The summed E-state index contributed by atoms with van der Waals surface area (Å²) in [5.74, 6) is -8.80. The molecule has 3 fully saturated rings. The van der Waals surface area contributed by atoms with E-state index in [1.54, 1.807) is 56.4 Å². The molecule has 126 heavy (non-hydrogen) atoms. The molecule has 3 amide bonds. The van der Waals surface area contributed by atoms with E-state index in [1.165, 1.54) is 19.5 Å². The highest BCUT2D eigenvalue weighted by Crippen LogP contribution is 2.39. The van der Waals surface area contributed by atoms with Gasteiger partial charge < -0.3 is 114 Å². The van der Waals surface area contributed by atoms with Crippen LogP contribution < -0.4 is 27.8 Å². The number of amides is 3. The number of allylic oxidation sites excluding steroid dienone is 6. The molecule has 5 aromatic rings.